The van der Waals surface area contributed by atoms with Crippen LogP contribution >= 0.6 is 19.6 Å². The molecule has 0 bridgehead atoms. The number of nitrogens with zero attached hydrogens (tertiary/aromatic N) is 4. The molecule has 2 aliphatic heterocycles. The number of ether oxygens (including phenoxy) is 2. The number of hydrogen-bond donors (Lipinski definition) is 2. The Labute approximate surface area is 172 Å². The maximum atomic E-state index is 5.62. The molecule has 2 aliphatic rings. The molecule has 0 aromatic carbocycles. The van der Waals surface area contributed by atoms with Crippen LogP contribution in [0.5, 0.6) is 0 Å². The van der Waals surface area contributed by atoms with Crippen molar-refractivity contribution in [3.8, 4) is 0 Å². The Balaban J connectivity index is 1.92. The molecule has 3 heterocycles. The van der Waals surface area contributed by atoms with Gasteiger partial charge in [-0.05, 0) is 24.4 Å². The molecule has 0 atom stereocenters. The van der Waals surface area contributed by atoms with Gasteiger partial charge >= 0.3 is 0 Å². The third-order valence-corrected chi connectivity index (χ3v) is 9.85. The summed E-state index contributed by atoms with van der Waals surface area (Å²) in [6.07, 6.45) is 3.57. The summed E-state index contributed by atoms with van der Waals surface area (Å²) in [6, 6.07) is 3.87. The standard InChI is InChI=1S/C18H31N6O2PS/c1-18(2,3)27(23-7-11-25-12-8-23,24-9-13-26-14-10-24)22-17(28)21-20-15-16-5-4-6-19-16/h4-6,15,19H,7-14H2,1-3H3,(H,21,28)/b20-15+. The Morgan fingerprint density at radius 3 is 2.18 bits per heavy atom. The van der Waals surface area contributed by atoms with Crippen LogP contribution in [0.4, 0.5) is 0 Å². The molecule has 0 saturated carbocycles. The van der Waals surface area contributed by atoms with Crippen LogP contribution in [0.1, 0.15) is 26.5 Å². The van der Waals surface area contributed by atoms with E-state index in [1.807, 2.05) is 18.3 Å². The van der Waals surface area contributed by atoms with Crippen LogP contribution in [-0.4, -0.2) is 83.4 Å². The van der Waals surface area contributed by atoms with Gasteiger partial charge in [0, 0.05) is 37.5 Å². The molecule has 0 aliphatic carbocycles. The van der Waals surface area contributed by atoms with E-state index in [4.69, 9.17) is 26.4 Å². The van der Waals surface area contributed by atoms with Crippen molar-refractivity contribution in [1.29, 1.82) is 0 Å². The lowest BCUT2D eigenvalue weighted by Gasteiger charge is -2.52. The van der Waals surface area contributed by atoms with Gasteiger partial charge in [-0.3, -0.25) is 14.8 Å². The average Bonchev–Trinajstić information content (AvgIpc) is 3.20. The van der Waals surface area contributed by atoms with E-state index in [-0.39, 0.29) is 5.16 Å². The molecule has 1 aromatic heterocycles. The van der Waals surface area contributed by atoms with Gasteiger partial charge in [0.05, 0.1) is 38.3 Å². The molecule has 156 valence electrons. The molecule has 0 spiro atoms. The van der Waals surface area contributed by atoms with Crippen LogP contribution < -0.4 is 5.43 Å². The third-order valence-electron chi connectivity index (χ3n) is 4.88. The number of thiocarbonyl (C=S) groups is 1. The van der Waals surface area contributed by atoms with E-state index >= 15 is 0 Å². The Morgan fingerprint density at radius 1 is 1.14 bits per heavy atom. The number of morpholine rings is 2. The Hall–Kier alpha value is -1.09. The summed E-state index contributed by atoms with van der Waals surface area (Å²) in [5.74, 6) is 0. The molecule has 2 saturated heterocycles. The summed E-state index contributed by atoms with van der Waals surface area (Å²) in [4.78, 5) is 3.09. The first-order valence-corrected chi connectivity index (χ1v) is 11.7. The lowest BCUT2D eigenvalue weighted by Crippen LogP contribution is -2.48. The van der Waals surface area contributed by atoms with Crippen molar-refractivity contribution in [2.75, 3.05) is 52.6 Å². The number of hydrazone groups is 1. The second-order valence-electron chi connectivity index (χ2n) is 7.77. The van der Waals surface area contributed by atoms with E-state index in [0.717, 1.165) is 58.3 Å². The fourth-order valence-corrected chi connectivity index (χ4v) is 8.44. The highest BCUT2D eigenvalue weighted by atomic mass is 32.1. The van der Waals surface area contributed by atoms with Gasteiger partial charge in [0.15, 0.2) is 0 Å². The Kier molecular flexibility index (Phi) is 7.42. The zero-order valence-corrected chi connectivity index (χ0v) is 18.6. The van der Waals surface area contributed by atoms with Crippen LogP contribution in [0.15, 0.2) is 28.2 Å². The summed E-state index contributed by atoms with van der Waals surface area (Å²) in [6.45, 7) is 13.1. The molecule has 1 aromatic rings. The van der Waals surface area contributed by atoms with Crippen molar-refractivity contribution in [3.05, 3.63) is 24.0 Å². The van der Waals surface area contributed by atoms with Crippen LogP contribution in [-0.2, 0) is 9.47 Å². The average molecular weight is 427 g/mol. The number of nitrogens with one attached hydrogen (secondary N) is 2. The predicted octanol–water partition coefficient (Wildman–Crippen LogP) is 2.72. The van der Waals surface area contributed by atoms with Gasteiger partial charge in [-0.25, -0.2) is 4.74 Å². The van der Waals surface area contributed by atoms with Crippen molar-refractivity contribution >= 4 is 30.9 Å². The third kappa shape index (κ3) is 4.90. The number of aromatic amines is 1. The molecule has 2 N–H and O–H groups in total. The normalized spacial score (nSPS) is 20.4. The fourth-order valence-electron chi connectivity index (χ4n) is 3.70. The molecule has 0 radical (unpaired) electrons. The number of hydrogen-bond acceptors (Lipinski definition) is 4. The van der Waals surface area contributed by atoms with Crippen molar-refractivity contribution in [2.45, 2.75) is 25.9 Å². The number of aromatic nitrogens is 1. The van der Waals surface area contributed by atoms with Crippen molar-refractivity contribution in [3.63, 3.8) is 0 Å². The summed E-state index contributed by atoms with van der Waals surface area (Å²) < 4.78 is 21.4. The van der Waals surface area contributed by atoms with Gasteiger partial charge in [-0.1, -0.05) is 20.8 Å². The van der Waals surface area contributed by atoms with Crippen LogP contribution in [0.25, 0.3) is 0 Å². The molecular formula is C18H31N6O2PS. The molecule has 8 nitrogen and oxygen atoms in total. The van der Waals surface area contributed by atoms with E-state index in [2.05, 4.69) is 45.6 Å². The maximum absolute atomic E-state index is 5.62. The van der Waals surface area contributed by atoms with Crippen molar-refractivity contribution < 1.29 is 9.47 Å². The first-order chi connectivity index (χ1) is 13.4. The molecule has 0 amide bonds. The second-order valence-corrected chi connectivity index (χ2v) is 12.0. The summed E-state index contributed by atoms with van der Waals surface area (Å²) in [5.41, 5.74) is 3.86. The zero-order valence-electron chi connectivity index (χ0n) is 16.9. The van der Waals surface area contributed by atoms with Crippen LogP contribution in [0.3, 0.4) is 0 Å². The van der Waals surface area contributed by atoms with Crippen LogP contribution in [0.2, 0.25) is 0 Å². The first kappa shape index (κ1) is 21.6. The van der Waals surface area contributed by atoms with Gasteiger partial charge in [0.2, 0.25) is 5.11 Å². The molecule has 2 fully saturated rings. The number of H-pyrrole nitrogens is 1. The summed E-state index contributed by atoms with van der Waals surface area (Å²) in [5, 5.41) is 4.61. The minimum Gasteiger partial charge on any atom is -0.379 e. The van der Waals surface area contributed by atoms with Gasteiger partial charge < -0.3 is 14.5 Å². The molecule has 10 heteroatoms. The highest BCUT2D eigenvalue weighted by molar-refractivity contribution is 7.81. The highest BCUT2D eigenvalue weighted by Crippen LogP contribution is 2.66. The molecule has 0 unspecified atom stereocenters. The van der Waals surface area contributed by atoms with E-state index in [0.29, 0.717) is 5.11 Å². The van der Waals surface area contributed by atoms with Crippen LogP contribution in [0, 0.1) is 0 Å². The Morgan fingerprint density at radius 2 is 1.71 bits per heavy atom. The lowest BCUT2D eigenvalue weighted by atomic mass is 10.3. The second kappa shape index (κ2) is 9.61. The zero-order chi connectivity index (χ0) is 20.0. The van der Waals surface area contributed by atoms with E-state index in [1.165, 1.54) is 0 Å². The van der Waals surface area contributed by atoms with Gasteiger partial charge in [-0.15, -0.1) is 0 Å². The quantitative estimate of drug-likeness (QED) is 0.334. The SMILES string of the molecule is CC(C)(C)P(=NC(=S)N/N=C/c1ccc[nH]1)(N1CCOCC1)N1CCOCC1. The van der Waals surface area contributed by atoms with E-state index in [1.54, 1.807) is 6.21 Å². The van der Waals surface area contributed by atoms with E-state index in [9.17, 15) is 0 Å². The van der Waals surface area contributed by atoms with Crippen molar-refractivity contribution in [1.82, 2.24) is 19.8 Å². The van der Waals surface area contributed by atoms with Gasteiger partial charge in [0.1, 0.15) is 7.36 Å². The minimum absolute atomic E-state index is 0.0728. The minimum atomic E-state index is -2.14. The van der Waals surface area contributed by atoms with Gasteiger partial charge in [-0.2, -0.15) is 5.10 Å². The fraction of sp³-hybridized carbons (Fsp3) is 0.667. The van der Waals surface area contributed by atoms with Gasteiger partial charge in [0.25, 0.3) is 0 Å². The summed E-state index contributed by atoms with van der Waals surface area (Å²) >= 11 is 5.61. The Bertz CT molecular complexity index is 697. The topological polar surface area (TPSA) is 77.5 Å². The monoisotopic (exact) mass is 426 g/mol. The van der Waals surface area contributed by atoms with E-state index < -0.39 is 7.36 Å². The smallest absolute Gasteiger partial charge is 0.214 e. The predicted molar refractivity (Wildman–Crippen MR) is 118 cm³/mol. The number of rotatable bonds is 4. The van der Waals surface area contributed by atoms with Crippen molar-refractivity contribution in [2.24, 2.45) is 9.85 Å². The lowest BCUT2D eigenvalue weighted by molar-refractivity contribution is 0.0551. The molecule has 3 rings (SSSR count). The maximum Gasteiger partial charge on any atom is 0.214 e. The molecule has 28 heavy (non-hydrogen) atoms. The molecular weight excluding hydrogens is 395 g/mol. The first-order valence-electron chi connectivity index (χ1n) is 9.69. The highest BCUT2D eigenvalue weighted by Gasteiger charge is 2.45. The largest absolute Gasteiger partial charge is 0.379 e. The summed E-state index contributed by atoms with van der Waals surface area (Å²) in [7, 11) is -2.14.